The van der Waals surface area contributed by atoms with E-state index in [4.69, 9.17) is 24.9 Å². The normalized spacial score (nSPS) is 15.5. The van der Waals surface area contributed by atoms with Gasteiger partial charge in [-0.25, -0.2) is 0 Å². The van der Waals surface area contributed by atoms with Gasteiger partial charge >= 0.3 is 0 Å². The maximum absolute atomic E-state index is 5.46. The summed E-state index contributed by atoms with van der Waals surface area (Å²) in [6.45, 7) is 0. The molecule has 246 valence electrons. The lowest BCUT2D eigenvalue weighted by Crippen LogP contribution is -2.29. The van der Waals surface area contributed by atoms with Crippen molar-refractivity contribution in [3.05, 3.63) is 145 Å². The van der Waals surface area contributed by atoms with Crippen LogP contribution < -0.4 is 9.80 Å². The van der Waals surface area contributed by atoms with Gasteiger partial charge in [0.15, 0.2) is 5.82 Å². The Morgan fingerprint density at radius 2 is 1.25 bits per heavy atom. The lowest BCUT2D eigenvalue weighted by atomic mass is 9.97. The van der Waals surface area contributed by atoms with E-state index < -0.39 is 0 Å². The molecule has 0 bridgehead atoms. The van der Waals surface area contributed by atoms with E-state index in [1.807, 2.05) is 24.5 Å². The van der Waals surface area contributed by atoms with E-state index in [9.17, 15) is 0 Å². The van der Waals surface area contributed by atoms with Crippen molar-refractivity contribution < 1.29 is 0 Å². The molecule has 9 nitrogen and oxygen atoms in total. The third kappa shape index (κ3) is 3.63. The number of pyridine rings is 2. The highest BCUT2D eigenvalue weighted by atomic mass is 15.4. The minimum Gasteiger partial charge on any atom is -0.304 e. The van der Waals surface area contributed by atoms with Gasteiger partial charge in [0.1, 0.15) is 0 Å². The smallest absolute Gasteiger partial charge is 0.240 e. The third-order valence-electron chi connectivity index (χ3n) is 10.8. The van der Waals surface area contributed by atoms with Gasteiger partial charge in [0.05, 0.1) is 67.4 Å². The Bertz CT molecular complexity index is 2940. The minimum atomic E-state index is 0.571. The van der Waals surface area contributed by atoms with E-state index >= 15 is 0 Å². The van der Waals surface area contributed by atoms with Crippen molar-refractivity contribution in [3.63, 3.8) is 0 Å². The Balaban J connectivity index is 1.15. The highest BCUT2D eigenvalue weighted by Gasteiger charge is 2.37. The Kier molecular flexibility index (Phi) is 5.54. The summed E-state index contributed by atoms with van der Waals surface area (Å²) in [6.07, 6.45) is 16.2. The SMILES string of the molecule is C1=CCCC(c2nc(N3C4=CCCc5c4n(c4cccnc54)-c4ccccc43)nc(N3c4ccccc4-n4c5cccnc5c5cccc3c54)n2)=C1. The van der Waals surface area contributed by atoms with Gasteiger partial charge in [0.2, 0.25) is 11.9 Å². The van der Waals surface area contributed by atoms with Crippen molar-refractivity contribution in [2.75, 3.05) is 9.80 Å². The second kappa shape index (κ2) is 10.3. The number of hydrogen-bond acceptors (Lipinski definition) is 7. The van der Waals surface area contributed by atoms with Crippen LogP contribution in [0.3, 0.4) is 0 Å². The molecule has 9 heteroatoms. The number of allylic oxidation sites excluding steroid dienone is 5. The number of anilines is 5. The Labute approximate surface area is 298 Å². The van der Waals surface area contributed by atoms with Crippen molar-refractivity contribution in [2.24, 2.45) is 0 Å². The first-order valence-electron chi connectivity index (χ1n) is 17.8. The van der Waals surface area contributed by atoms with E-state index in [0.717, 1.165) is 104 Å². The zero-order chi connectivity index (χ0) is 33.9. The topological polar surface area (TPSA) is 80.8 Å². The zero-order valence-corrected chi connectivity index (χ0v) is 28.0. The van der Waals surface area contributed by atoms with Crippen LogP contribution in [-0.2, 0) is 6.42 Å². The van der Waals surface area contributed by atoms with Crippen LogP contribution in [-0.4, -0.2) is 34.1 Å². The summed E-state index contributed by atoms with van der Waals surface area (Å²) in [5.74, 6) is 1.84. The molecule has 0 N–H and O–H groups in total. The van der Waals surface area contributed by atoms with Crippen molar-refractivity contribution in [1.82, 2.24) is 34.1 Å². The average molecular weight is 672 g/mol. The zero-order valence-electron chi connectivity index (χ0n) is 28.0. The van der Waals surface area contributed by atoms with Gasteiger partial charge in [0, 0.05) is 23.3 Å². The molecule has 0 spiro atoms. The quantitative estimate of drug-likeness (QED) is 0.185. The lowest BCUT2D eigenvalue weighted by Gasteiger charge is -2.36. The number of aryl methyl sites for hydroxylation is 1. The molecule has 7 heterocycles. The van der Waals surface area contributed by atoms with Crippen LogP contribution in [0.2, 0.25) is 0 Å². The second-order valence-corrected chi connectivity index (χ2v) is 13.6. The van der Waals surface area contributed by atoms with E-state index in [0.29, 0.717) is 17.7 Å². The molecular weight excluding hydrogens is 643 g/mol. The molecule has 8 aromatic rings. The first-order chi connectivity index (χ1) is 25.8. The van der Waals surface area contributed by atoms with Crippen molar-refractivity contribution in [2.45, 2.75) is 25.7 Å². The molecule has 0 amide bonds. The molecule has 0 saturated carbocycles. The number of para-hydroxylation sites is 5. The molecule has 0 atom stereocenters. The van der Waals surface area contributed by atoms with Crippen LogP contribution >= 0.6 is 0 Å². The van der Waals surface area contributed by atoms with Crippen LogP contribution in [0.25, 0.3) is 55.6 Å². The van der Waals surface area contributed by atoms with Gasteiger partial charge in [-0.05, 0) is 85.9 Å². The third-order valence-corrected chi connectivity index (χ3v) is 10.8. The van der Waals surface area contributed by atoms with Gasteiger partial charge < -0.3 is 9.13 Å². The van der Waals surface area contributed by atoms with E-state index in [1.54, 1.807) is 0 Å². The minimum absolute atomic E-state index is 0.571. The first-order valence-corrected chi connectivity index (χ1v) is 17.8. The van der Waals surface area contributed by atoms with Gasteiger partial charge in [0.25, 0.3) is 0 Å². The van der Waals surface area contributed by atoms with Gasteiger partial charge in [-0.3, -0.25) is 19.8 Å². The molecule has 0 unspecified atom stereocenters. The molecule has 12 rings (SSSR count). The average Bonchev–Trinajstić information content (AvgIpc) is 3.74. The lowest BCUT2D eigenvalue weighted by molar-refractivity contribution is 0.895. The van der Waals surface area contributed by atoms with Crippen LogP contribution in [0.15, 0.2) is 128 Å². The maximum atomic E-state index is 5.46. The second-order valence-electron chi connectivity index (χ2n) is 13.6. The fourth-order valence-corrected chi connectivity index (χ4v) is 8.74. The van der Waals surface area contributed by atoms with Crippen LogP contribution in [0.1, 0.15) is 36.3 Å². The maximum Gasteiger partial charge on any atom is 0.240 e. The fourth-order valence-electron chi connectivity index (χ4n) is 8.74. The predicted molar refractivity (Wildman–Crippen MR) is 206 cm³/mol. The number of fused-ring (bicyclic) bond motifs is 10. The standard InChI is InChI=1S/C43H29N9/c1-2-12-26(13-3-1)41-46-42(51-31-18-6-4-16-29(31)49-33-22-10-24-44-37(33)27-14-8-20-35(51)39(27)49)48-43(47-41)52-32-19-7-5-17-30(32)50-34-23-11-25-45-38(34)28-15-9-21-36(52)40(28)50/h1-2,4-8,10-12,14,16-25H,3,9,13,15H2. The number of hydrogen-bond donors (Lipinski definition) is 0. The molecule has 0 saturated heterocycles. The molecule has 0 radical (unpaired) electrons. The number of rotatable bonds is 3. The summed E-state index contributed by atoms with van der Waals surface area (Å²) in [4.78, 5) is 30.3. The fraction of sp³-hybridized carbons (Fsp3) is 0.0930. The van der Waals surface area contributed by atoms with Gasteiger partial charge in [-0.15, -0.1) is 0 Å². The molecule has 5 aromatic heterocycles. The highest BCUT2D eigenvalue weighted by molar-refractivity contribution is 6.15. The van der Waals surface area contributed by atoms with E-state index in [2.05, 4.69) is 122 Å². The van der Waals surface area contributed by atoms with E-state index in [1.165, 1.54) is 5.56 Å². The van der Waals surface area contributed by atoms with Crippen molar-refractivity contribution in [3.8, 4) is 11.4 Å². The first kappa shape index (κ1) is 27.9. The Morgan fingerprint density at radius 3 is 2.04 bits per heavy atom. The monoisotopic (exact) mass is 671 g/mol. The summed E-state index contributed by atoms with van der Waals surface area (Å²) in [6, 6.07) is 31.8. The van der Waals surface area contributed by atoms with Crippen LogP contribution in [0.4, 0.5) is 29.0 Å². The summed E-state index contributed by atoms with van der Waals surface area (Å²) in [5.41, 5.74) is 15.0. The molecular formula is C43H29N9. The summed E-state index contributed by atoms with van der Waals surface area (Å²) in [5, 5.41) is 1.09. The molecule has 2 aliphatic carbocycles. The van der Waals surface area contributed by atoms with Crippen molar-refractivity contribution in [1.29, 1.82) is 0 Å². The number of benzene rings is 3. The Hall–Kier alpha value is -6.87. The summed E-state index contributed by atoms with van der Waals surface area (Å²) >= 11 is 0. The molecule has 4 aliphatic rings. The van der Waals surface area contributed by atoms with Crippen molar-refractivity contribution >= 4 is 73.2 Å². The molecule has 3 aromatic carbocycles. The molecule has 2 aliphatic heterocycles. The Morgan fingerprint density at radius 1 is 0.558 bits per heavy atom. The summed E-state index contributed by atoms with van der Waals surface area (Å²) < 4.78 is 4.71. The van der Waals surface area contributed by atoms with Gasteiger partial charge in [-0.2, -0.15) is 15.0 Å². The highest BCUT2D eigenvalue weighted by Crippen LogP contribution is 2.51. The largest absolute Gasteiger partial charge is 0.304 e. The molecule has 0 fully saturated rings. The number of nitrogens with zero attached hydrogens (tertiary/aromatic N) is 9. The molecule has 52 heavy (non-hydrogen) atoms. The van der Waals surface area contributed by atoms with Crippen LogP contribution in [0, 0.1) is 0 Å². The van der Waals surface area contributed by atoms with E-state index in [-0.39, 0.29) is 0 Å². The summed E-state index contributed by atoms with van der Waals surface area (Å²) in [7, 11) is 0. The predicted octanol–water partition coefficient (Wildman–Crippen LogP) is 9.66. The van der Waals surface area contributed by atoms with Gasteiger partial charge in [-0.1, -0.05) is 60.7 Å². The number of aromatic nitrogens is 7. The van der Waals surface area contributed by atoms with Crippen LogP contribution in [0.5, 0.6) is 0 Å².